The van der Waals surface area contributed by atoms with Crippen molar-refractivity contribution in [1.29, 1.82) is 0 Å². The van der Waals surface area contributed by atoms with E-state index < -0.39 is 29.1 Å². The molecule has 2 aromatic carbocycles. The number of rotatable bonds is 21. The van der Waals surface area contributed by atoms with Crippen molar-refractivity contribution in [2.24, 2.45) is 17.1 Å². The lowest BCUT2D eigenvalue weighted by Crippen LogP contribution is -2.47. The summed E-state index contributed by atoms with van der Waals surface area (Å²) in [6.07, 6.45) is 4.91. The minimum Gasteiger partial charge on any atom is -0.354 e. The first-order valence-electron chi connectivity index (χ1n) is 19.6. The van der Waals surface area contributed by atoms with Crippen LogP contribution < -0.4 is 27.0 Å². The standard InChI is InChI=1S/C42H59F2N7O4S/c1-29(52)49-36(12-8-9-17-45)41(55)48-20-19-47-38(53)16-21-56-28-39(54)51(26-31-15-18-46-24-31)40(42(2,3)4)37-22-32(34-23-33(43)13-14-35(34)44)27-50(37)25-30-10-6-5-7-11-30/h5-7,10-11,13-14,22-23,27,31,36,40,46H,8-9,12,15-21,24-26,28,45H2,1-4H3,(H,47,53)(H,48,55)(H,49,52)/t31?,36-,40-/m0/s1. The molecule has 4 amide bonds. The van der Waals surface area contributed by atoms with Crippen molar-refractivity contribution in [3.8, 4) is 11.1 Å². The van der Waals surface area contributed by atoms with Gasteiger partial charge in [-0.2, -0.15) is 11.8 Å². The second-order valence-corrected chi connectivity index (χ2v) is 16.7. The van der Waals surface area contributed by atoms with E-state index in [1.165, 1.54) is 24.8 Å². The molecular weight excluding hydrogens is 737 g/mol. The lowest BCUT2D eigenvalue weighted by atomic mass is 9.82. The molecule has 1 aliphatic rings. The molecule has 1 aromatic heterocycles. The third-order valence-electron chi connectivity index (χ3n) is 9.80. The van der Waals surface area contributed by atoms with E-state index in [1.54, 1.807) is 0 Å². The van der Waals surface area contributed by atoms with Crippen molar-refractivity contribution in [3.05, 3.63) is 83.7 Å². The second-order valence-electron chi connectivity index (χ2n) is 15.5. The SMILES string of the molecule is CC(=O)N[C@@H](CCCCN)C(=O)NCCNC(=O)CCSCC(=O)N(CC1CCNC1)[C@@H](c1cc(-c2cc(F)ccc2F)cn1Cc1ccccc1)C(C)(C)C. The monoisotopic (exact) mass is 795 g/mol. The van der Waals surface area contributed by atoms with Gasteiger partial charge in [0.05, 0.1) is 11.8 Å². The van der Waals surface area contributed by atoms with Crippen LogP contribution in [0.15, 0.2) is 60.8 Å². The van der Waals surface area contributed by atoms with Gasteiger partial charge in [0, 0.05) is 68.3 Å². The summed E-state index contributed by atoms with van der Waals surface area (Å²) in [4.78, 5) is 53.1. The molecule has 1 unspecified atom stereocenters. The fourth-order valence-electron chi connectivity index (χ4n) is 7.12. The summed E-state index contributed by atoms with van der Waals surface area (Å²) in [7, 11) is 0. The number of nitrogens with two attached hydrogens (primary N) is 1. The van der Waals surface area contributed by atoms with Crippen LogP contribution in [0.3, 0.4) is 0 Å². The maximum Gasteiger partial charge on any atom is 0.242 e. The van der Waals surface area contributed by atoms with Gasteiger partial charge in [-0.05, 0) is 86.5 Å². The minimum absolute atomic E-state index is 0.0592. The van der Waals surface area contributed by atoms with Gasteiger partial charge in [-0.15, -0.1) is 0 Å². The van der Waals surface area contributed by atoms with Gasteiger partial charge in [-0.3, -0.25) is 19.2 Å². The highest BCUT2D eigenvalue weighted by atomic mass is 32.2. The number of carbonyl (C=O) groups is 4. The van der Waals surface area contributed by atoms with E-state index >= 15 is 4.39 Å². The average molecular weight is 796 g/mol. The Morgan fingerprint density at radius 1 is 1.04 bits per heavy atom. The minimum atomic E-state index is -0.655. The van der Waals surface area contributed by atoms with Crippen LogP contribution in [0.2, 0.25) is 0 Å². The molecule has 0 saturated carbocycles. The fourth-order valence-corrected chi connectivity index (χ4v) is 7.94. The highest BCUT2D eigenvalue weighted by Gasteiger charge is 2.38. The third-order valence-corrected chi connectivity index (χ3v) is 10.7. The molecule has 1 saturated heterocycles. The fraction of sp³-hybridized carbons (Fsp3) is 0.524. The molecule has 14 heteroatoms. The number of amides is 4. The Balaban J connectivity index is 1.44. The lowest BCUT2D eigenvalue weighted by molar-refractivity contribution is -0.134. The van der Waals surface area contributed by atoms with Crippen LogP contribution in [0.1, 0.15) is 77.1 Å². The van der Waals surface area contributed by atoms with Crippen molar-refractivity contribution in [1.82, 2.24) is 30.7 Å². The molecule has 11 nitrogen and oxygen atoms in total. The number of hydrogen-bond acceptors (Lipinski definition) is 7. The van der Waals surface area contributed by atoms with Crippen LogP contribution in [0.25, 0.3) is 11.1 Å². The van der Waals surface area contributed by atoms with Gasteiger partial charge >= 0.3 is 0 Å². The zero-order valence-electron chi connectivity index (χ0n) is 33.2. The third kappa shape index (κ3) is 13.7. The highest BCUT2D eigenvalue weighted by molar-refractivity contribution is 7.99. The van der Waals surface area contributed by atoms with Crippen molar-refractivity contribution in [2.45, 2.75) is 78.4 Å². The summed E-state index contributed by atoms with van der Waals surface area (Å²) in [6, 6.07) is 14.2. The Morgan fingerprint density at radius 2 is 1.79 bits per heavy atom. The molecule has 1 fully saturated rings. The number of unbranched alkanes of at least 4 members (excludes halogenated alkanes) is 1. The molecule has 3 atom stereocenters. The lowest BCUT2D eigenvalue weighted by Gasteiger charge is -2.42. The van der Waals surface area contributed by atoms with Crippen molar-refractivity contribution in [3.63, 3.8) is 0 Å². The van der Waals surface area contributed by atoms with Gasteiger partial charge in [0.15, 0.2) is 0 Å². The number of aromatic nitrogens is 1. The number of nitrogens with zero attached hydrogens (tertiary/aromatic N) is 2. The summed E-state index contributed by atoms with van der Waals surface area (Å²) in [5, 5.41) is 11.7. The number of nitrogens with one attached hydrogen (secondary N) is 4. The molecule has 306 valence electrons. The maximum absolute atomic E-state index is 15.2. The maximum atomic E-state index is 15.2. The van der Waals surface area contributed by atoms with Crippen LogP contribution in [0, 0.1) is 23.0 Å². The van der Waals surface area contributed by atoms with E-state index in [0.717, 1.165) is 49.3 Å². The van der Waals surface area contributed by atoms with Gasteiger partial charge in [0.1, 0.15) is 17.7 Å². The van der Waals surface area contributed by atoms with Gasteiger partial charge in [0.2, 0.25) is 23.6 Å². The predicted molar refractivity (Wildman–Crippen MR) is 219 cm³/mol. The van der Waals surface area contributed by atoms with Gasteiger partial charge in [0.25, 0.3) is 0 Å². The van der Waals surface area contributed by atoms with Crippen LogP contribution in [-0.4, -0.2) is 89.9 Å². The summed E-state index contributed by atoms with van der Waals surface area (Å²) < 4.78 is 31.6. The Morgan fingerprint density at radius 3 is 2.46 bits per heavy atom. The number of hydrogen-bond donors (Lipinski definition) is 5. The normalized spacial score (nSPS) is 15.2. The summed E-state index contributed by atoms with van der Waals surface area (Å²) in [5.74, 6) is -1.09. The topological polar surface area (TPSA) is 151 Å². The Kier molecular flexibility index (Phi) is 17.4. The van der Waals surface area contributed by atoms with Crippen molar-refractivity contribution < 1.29 is 28.0 Å². The van der Waals surface area contributed by atoms with E-state index in [1.807, 2.05) is 47.5 Å². The molecule has 0 aliphatic carbocycles. The Bertz CT molecular complexity index is 1740. The molecule has 1 aliphatic heterocycles. The molecular formula is C42H59F2N7O4S. The first kappa shape index (κ1) is 44.4. The number of thioether (sulfide) groups is 1. The summed E-state index contributed by atoms with van der Waals surface area (Å²) >= 11 is 1.39. The number of halogens is 2. The Hall–Kier alpha value is -4.27. The zero-order valence-corrected chi connectivity index (χ0v) is 34.0. The largest absolute Gasteiger partial charge is 0.354 e. The van der Waals surface area contributed by atoms with Crippen LogP contribution in [0.5, 0.6) is 0 Å². The van der Waals surface area contributed by atoms with Gasteiger partial charge in [-0.25, -0.2) is 8.78 Å². The van der Waals surface area contributed by atoms with E-state index in [-0.39, 0.29) is 60.4 Å². The van der Waals surface area contributed by atoms with E-state index in [9.17, 15) is 23.6 Å². The predicted octanol–water partition coefficient (Wildman–Crippen LogP) is 5.00. The molecule has 0 bridgehead atoms. The molecule has 4 rings (SSSR count). The van der Waals surface area contributed by atoms with E-state index in [0.29, 0.717) is 43.8 Å². The second kappa shape index (κ2) is 21.9. The van der Waals surface area contributed by atoms with Gasteiger partial charge < -0.3 is 36.5 Å². The van der Waals surface area contributed by atoms with Crippen molar-refractivity contribution >= 4 is 35.4 Å². The smallest absolute Gasteiger partial charge is 0.242 e. The van der Waals surface area contributed by atoms with E-state index in [2.05, 4.69) is 46.6 Å². The molecule has 6 N–H and O–H groups in total. The van der Waals surface area contributed by atoms with Crippen LogP contribution in [0.4, 0.5) is 8.78 Å². The first-order chi connectivity index (χ1) is 26.8. The quantitative estimate of drug-likeness (QED) is 0.0954. The molecule has 3 aromatic rings. The van der Waals surface area contributed by atoms with E-state index in [4.69, 9.17) is 5.73 Å². The first-order valence-corrected chi connectivity index (χ1v) is 20.7. The zero-order chi connectivity index (χ0) is 40.7. The molecule has 0 spiro atoms. The molecule has 2 heterocycles. The summed E-state index contributed by atoms with van der Waals surface area (Å²) in [5.41, 5.74) is 7.66. The van der Waals surface area contributed by atoms with Gasteiger partial charge in [-0.1, -0.05) is 51.1 Å². The average Bonchev–Trinajstić information content (AvgIpc) is 3.82. The molecule has 0 radical (unpaired) electrons. The number of carbonyl (C=O) groups excluding carboxylic acids is 4. The van der Waals surface area contributed by atoms with Crippen molar-refractivity contribution in [2.75, 3.05) is 50.8 Å². The highest BCUT2D eigenvalue weighted by Crippen LogP contribution is 2.42. The number of benzene rings is 2. The van der Waals surface area contributed by atoms with Crippen LogP contribution in [-0.2, 0) is 25.7 Å². The Labute approximate surface area is 334 Å². The van der Waals surface area contributed by atoms with Crippen LogP contribution >= 0.6 is 11.8 Å². The summed E-state index contributed by atoms with van der Waals surface area (Å²) in [6.45, 7) is 11.3. The molecule has 56 heavy (non-hydrogen) atoms.